The van der Waals surface area contributed by atoms with Crippen molar-refractivity contribution in [1.82, 2.24) is 15.0 Å². The molecule has 0 spiro atoms. The molecule has 0 aromatic carbocycles. The number of rotatable bonds is 4. The smallest absolute Gasteiger partial charge is 0.295 e. The van der Waals surface area contributed by atoms with Crippen LogP contribution < -0.4 is 5.73 Å². The summed E-state index contributed by atoms with van der Waals surface area (Å²) in [6.45, 7) is 0. The standard InChI is InChI=1S/C17H12F2N4O2S/c18-14(19)10-4-5-11(25-10)16-22-15(20)8-7-12(26-17(8)23-16)13(24)9-3-1-2-6-21-9/h1-7,13-14,24H,(H2,20,22,23). The van der Waals surface area contributed by atoms with Gasteiger partial charge in [0.05, 0.1) is 11.1 Å². The number of fused-ring (bicyclic) bond motifs is 1. The number of furan rings is 1. The van der Waals surface area contributed by atoms with E-state index in [-0.39, 0.29) is 17.4 Å². The average Bonchev–Trinajstić information content (AvgIpc) is 3.29. The summed E-state index contributed by atoms with van der Waals surface area (Å²) in [7, 11) is 0. The number of aliphatic hydroxyl groups excluding tert-OH is 1. The third-order valence-electron chi connectivity index (χ3n) is 3.74. The molecular formula is C17H12F2N4O2S. The molecular weight excluding hydrogens is 362 g/mol. The fourth-order valence-electron chi connectivity index (χ4n) is 2.48. The summed E-state index contributed by atoms with van der Waals surface area (Å²) < 4.78 is 30.5. The Labute approximate surface area is 150 Å². The fourth-order valence-corrected chi connectivity index (χ4v) is 3.52. The van der Waals surface area contributed by atoms with Crippen LogP contribution in [0.5, 0.6) is 0 Å². The van der Waals surface area contributed by atoms with Gasteiger partial charge in [0.15, 0.2) is 17.3 Å². The van der Waals surface area contributed by atoms with Crippen molar-refractivity contribution in [1.29, 1.82) is 0 Å². The van der Waals surface area contributed by atoms with E-state index in [4.69, 9.17) is 10.2 Å². The van der Waals surface area contributed by atoms with Gasteiger partial charge >= 0.3 is 0 Å². The lowest BCUT2D eigenvalue weighted by molar-refractivity contribution is 0.122. The van der Waals surface area contributed by atoms with Gasteiger partial charge in [-0.15, -0.1) is 11.3 Å². The van der Waals surface area contributed by atoms with Crippen molar-refractivity contribution in [3.8, 4) is 11.6 Å². The Kier molecular flexibility index (Phi) is 4.09. The summed E-state index contributed by atoms with van der Waals surface area (Å²) in [4.78, 5) is 13.7. The van der Waals surface area contributed by atoms with Crippen LogP contribution in [0.15, 0.2) is 47.0 Å². The topological polar surface area (TPSA) is 98.1 Å². The van der Waals surface area contributed by atoms with Gasteiger partial charge in [-0.3, -0.25) is 4.98 Å². The fraction of sp³-hybridized carbons (Fsp3) is 0.118. The van der Waals surface area contributed by atoms with E-state index in [1.54, 1.807) is 30.5 Å². The van der Waals surface area contributed by atoms with Crippen LogP contribution in [0.25, 0.3) is 21.8 Å². The van der Waals surface area contributed by atoms with Crippen molar-refractivity contribution >= 4 is 27.4 Å². The van der Waals surface area contributed by atoms with Crippen molar-refractivity contribution in [2.24, 2.45) is 0 Å². The van der Waals surface area contributed by atoms with E-state index in [0.29, 0.717) is 20.8 Å². The lowest BCUT2D eigenvalue weighted by Gasteiger charge is -2.06. The number of alkyl halides is 2. The first-order chi connectivity index (χ1) is 12.5. The molecule has 4 rings (SSSR count). The molecule has 26 heavy (non-hydrogen) atoms. The van der Waals surface area contributed by atoms with Crippen molar-refractivity contribution in [3.05, 3.63) is 58.9 Å². The zero-order chi connectivity index (χ0) is 18.3. The van der Waals surface area contributed by atoms with Crippen LogP contribution >= 0.6 is 11.3 Å². The molecule has 3 N–H and O–H groups in total. The largest absolute Gasteiger partial charge is 0.452 e. The third kappa shape index (κ3) is 2.91. The average molecular weight is 374 g/mol. The number of aliphatic hydroxyl groups is 1. The van der Waals surface area contributed by atoms with Crippen LogP contribution in [0.1, 0.15) is 28.9 Å². The first-order valence-electron chi connectivity index (χ1n) is 7.57. The van der Waals surface area contributed by atoms with Crippen LogP contribution in [0, 0.1) is 0 Å². The predicted molar refractivity (Wildman–Crippen MR) is 92.8 cm³/mol. The second-order valence-electron chi connectivity index (χ2n) is 5.46. The molecule has 0 bridgehead atoms. The molecule has 0 aliphatic heterocycles. The van der Waals surface area contributed by atoms with Gasteiger partial charge in [-0.1, -0.05) is 6.07 Å². The number of nitrogens with two attached hydrogens (primary N) is 1. The number of anilines is 1. The summed E-state index contributed by atoms with van der Waals surface area (Å²) in [6, 6.07) is 9.50. The molecule has 4 aromatic rings. The van der Waals surface area contributed by atoms with Crippen LogP contribution in [0.4, 0.5) is 14.6 Å². The maximum absolute atomic E-state index is 12.7. The summed E-state index contributed by atoms with van der Waals surface area (Å²) in [5, 5.41) is 11.1. The number of hydrogen-bond donors (Lipinski definition) is 2. The molecule has 0 amide bonds. The summed E-state index contributed by atoms with van der Waals surface area (Å²) in [5.74, 6) is -0.0628. The first-order valence-corrected chi connectivity index (χ1v) is 8.39. The molecule has 0 radical (unpaired) electrons. The summed E-state index contributed by atoms with van der Waals surface area (Å²) in [6.07, 6.45) is -2.05. The lowest BCUT2D eigenvalue weighted by Crippen LogP contribution is -1.99. The van der Waals surface area contributed by atoms with Gasteiger partial charge in [0.1, 0.15) is 16.8 Å². The maximum atomic E-state index is 12.7. The van der Waals surface area contributed by atoms with Gasteiger partial charge in [-0.2, -0.15) is 0 Å². The Balaban J connectivity index is 1.75. The molecule has 132 valence electrons. The van der Waals surface area contributed by atoms with Crippen molar-refractivity contribution in [2.75, 3.05) is 5.73 Å². The van der Waals surface area contributed by atoms with Gasteiger partial charge in [-0.25, -0.2) is 18.7 Å². The molecule has 0 aliphatic carbocycles. The summed E-state index contributed by atoms with van der Waals surface area (Å²) >= 11 is 1.23. The highest BCUT2D eigenvalue weighted by molar-refractivity contribution is 7.18. The monoisotopic (exact) mass is 374 g/mol. The Morgan fingerprint density at radius 1 is 1.15 bits per heavy atom. The van der Waals surface area contributed by atoms with Crippen LogP contribution in [-0.4, -0.2) is 20.1 Å². The second-order valence-corrected chi connectivity index (χ2v) is 6.52. The van der Waals surface area contributed by atoms with E-state index in [0.717, 1.165) is 0 Å². The Morgan fingerprint density at radius 3 is 2.69 bits per heavy atom. The number of halogens is 2. The predicted octanol–water partition coefficient (Wildman–Crippen LogP) is 3.95. The normalized spacial score (nSPS) is 12.8. The van der Waals surface area contributed by atoms with Gasteiger partial charge in [-0.05, 0) is 30.3 Å². The van der Waals surface area contributed by atoms with Crippen molar-refractivity contribution in [2.45, 2.75) is 12.5 Å². The van der Waals surface area contributed by atoms with Gasteiger partial charge in [0, 0.05) is 11.1 Å². The van der Waals surface area contributed by atoms with Crippen molar-refractivity contribution < 1.29 is 18.3 Å². The number of nitrogens with zero attached hydrogens (tertiary/aromatic N) is 3. The minimum atomic E-state index is -2.72. The van der Waals surface area contributed by atoms with Crippen molar-refractivity contribution in [3.63, 3.8) is 0 Å². The van der Waals surface area contributed by atoms with E-state index in [1.165, 1.54) is 23.5 Å². The van der Waals surface area contributed by atoms with E-state index in [2.05, 4.69) is 15.0 Å². The highest BCUT2D eigenvalue weighted by Gasteiger charge is 2.20. The number of thiophene rings is 1. The highest BCUT2D eigenvalue weighted by Crippen LogP contribution is 2.35. The van der Waals surface area contributed by atoms with E-state index >= 15 is 0 Å². The van der Waals surface area contributed by atoms with Gasteiger partial charge in [0.25, 0.3) is 6.43 Å². The molecule has 0 aliphatic rings. The molecule has 1 atom stereocenters. The lowest BCUT2D eigenvalue weighted by atomic mass is 10.2. The van der Waals surface area contributed by atoms with Gasteiger partial charge in [0.2, 0.25) is 0 Å². The van der Waals surface area contributed by atoms with Crippen LogP contribution in [0.3, 0.4) is 0 Å². The zero-order valence-corrected chi connectivity index (χ0v) is 14.0. The van der Waals surface area contributed by atoms with E-state index in [9.17, 15) is 13.9 Å². The second kappa shape index (κ2) is 6.43. The van der Waals surface area contributed by atoms with Crippen LogP contribution in [0.2, 0.25) is 0 Å². The molecule has 0 saturated carbocycles. The Hall–Kier alpha value is -2.91. The van der Waals surface area contributed by atoms with E-state index in [1.807, 2.05) is 0 Å². The highest BCUT2D eigenvalue weighted by atomic mass is 32.1. The SMILES string of the molecule is Nc1nc(-c2ccc(C(F)F)o2)nc2sc(C(O)c3ccccn3)cc12. The molecule has 6 nitrogen and oxygen atoms in total. The molecule has 0 fully saturated rings. The van der Waals surface area contributed by atoms with Gasteiger partial charge < -0.3 is 15.3 Å². The summed E-state index contributed by atoms with van der Waals surface area (Å²) in [5.41, 5.74) is 6.48. The number of pyridine rings is 1. The minimum absolute atomic E-state index is 0.106. The minimum Gasteiger partial charge on any atom is -0.452 e. The maximum Gasteiger partial charge on any atom is 0.295 e. The quantitative estimate of drug-likeness (QED) is 0.561. The van der Waals surface area contributed by atoms with E-state index < -0.39 is 18.3 Å². The number of aromatic nitrogens is 3. The first kappa shape index (κ1) is 16.6. The molecule has 0 saturated heterocycles. The molecule has 4 aromatic heterocycles. The number of nitrogen functional groups attached to an aromatic ring is 1. The molecule has 1 unspecified atom stereocenters. The molecule has 4 heterocycles. The Morgan fingerprint density at radius 2 is 2.00 bits per heavy atom. The third-order valence-corrected chi connectivity index (χ3v) is 4.82. The molecule has 9 heteroatoms. The Bertz CT molecular complexity index is 1070. The zero-order valence-electron chi connectivity index (χ0n) is 13.1. The number of hydrogen-bond acceptors (Lipinski definition) is 7. The van der Waals surface area contributed by atoms with Crippen LogP contribution in [-0.2, 0) is 0 Å².